The number of carboxylic acids is 1. The van der Waals surface area contributed by atoms with Crippen LogP contribution < -0.4 is 4.74 Å². The topological polar surface area (TPSA) is 46.5 Å². The molecule has 0 spiro atoms. The van der Waals surface area contributed by atoms with Gasteiger partial charge in [0.15, 0.2) is 0 Å². The van der Waals surface area contributed by atoms with Crippen LogP contribution in [0.2, 0.25) is 0 Å². The number of benzene rings is 2. The van der Waals surface area contributed by atoms with Crippen LogP contribution in [-0.2, 0) is 5.41 Å². The van der Waals surface area contributed by atoms with E-state index in [-0.39, 0.29) is 5.41 Å². The Balaban J connectivity index is 2.19. The molecule has 0 amide bonds. The molecule has 1 aliphatic heterocycles. The fraction of sp³-hybridized carbons (Fsp3) is 0.278. The van der Waals surface area contributed by atoms with Gasteiger partial charge in [0.25, 0.3) is 0 Å². The zero-order valence-corrected chi connectivity index (χ0v) is 12.4. The van der Waals surface area contributed by atoms with Crippen molar-refractivity contribution in [3.63, 3.8) is 0 Å². The Hall–Kier alpha value is -2.29. The van der Waals surface area contributed by atoms with E-state index in [1.54, 1.807) is 6.07 Å². The van der Waals surface area contributed by atoms with E-state index >= 15 is 0 Å². The molecule has 0 fully saturated rings. The molecule has 0 atom stereocenters. The predicted octanol–water partition coefficient (Wildman–Crippen LogP) is 4.03. The number of fused-ring (bicyclic) bond motifs is 1. The molecule has 0 aromatic heterocycles. The Labute approximate surface area is 124 Å². The number of carboxylic acid groups (broad SMARTS) is 1. The van der Waals surface area contributed by atoms with Crippen molar-refractivity contribution >= 4 is 5.97 Å². The highest BCUT2D eigenvalue weighted by Gasteiger charge is 2.32. The largest absolute Gasteiger partial charge is 0.492 e. The van der Waals surface area contributed by atoms with E-state index in [0.29, 0.717) is 12.2 Å². The predicted molar refractivity (Wildman–Crippen MR) is 82.1 cm³/mol. The lowest BCUT2D eigenvalue weighted by molar-refractivity contribution is 0.0697. The van der Waals surface area contributed by atoms with Gasteiger partial charge in [0.05, 0.1) is 12.2 Å². The zero-order valence-electron chi connectivity index (χ0n) is 12.4. The average Bonchev–Trinajstić information content (AvgIpc) is 2.74. The van der Waals surface area contributed by atoms with Gasteiger partial charge in [-0.2, -0.15) is 0 Å². The Morgan fingerprint density at radius 2 is 1.95 bits per heavy atom. The van der Waals surface area contributed by atoms with Gasteiger partial charge in [-0.25, -0.2) is 4.79 Å². The van der Waals surface area contributed by atoms with E-state index in [1.807, 2.05) is 31.2 Å². The molecule has 1 N–H and O–H groups in total. The van der Waals surface area contributed by atoms with Crippen molar-refractivity contribution in [2.75, 3.05) is 6.61 Å². The lowest BCUT2D eigenvalue weighted by Gasteiger charge is -2.16. The van der Waals surface area contributed by atoms with Crippen molar-refractivity contribution in [1.29, 1.82) is 0 Å². The molecule has 3 heteroatoms. The molecule has 0 aliphatic carbocycles. The van der Waals surface area contributed by atoms with Crippen LogP contribution in [0.25, 0.3) is 11.1 Å². The second-order valence-corrected chi connectivity index (χ2v) is 6.24. The van der Waals surface area contributed by atoms with Gasteiger partial charge in [-0.05, 0) is 36.2 Å². The molecule has 0 bridgehead atoms. The number of ether oxygens (including phenoxy) is 1. The second-order valence-electron chi connectivity index (χ2n) is 6.24. The standard InChI is InChI=1S/C18H18O3/c1-11-4-6-13(17(19)20)14(8-11)12-5-7-16-15(9-12)18(2,3)10-21-16/h4-9H,10H2,1-3H3,(H,19,20). The Morgan fingerprint density at radius 3 is 2.67 bits per heavy atom. The highest BCUT2D eigenvalue weighted by Crippen LogP contribution is 2.41. The number of hydrogen-bond donors (Lipinski definition) is 1. The molecule has 108 valence electrons. The van der Waals surface area contributed by atoms with E-state index in [2.05, 4.69) is 19.9 Å². The van der Waals surface area contributed by atoms with Gasteiger partial charge < -0.3 is 9.84 Å². The molecule has 0 unspecified atom stereocenters. The van der Waals surface area contributed by atoms with Crippen LogP contribution in [0, 0.1) is 6.92 Å². The van der Waals surface area contributed by atoms with Crippen LogP contribution in [0.3, 0.4) is 0 Å². The van der Waals surface area contributed by atoms with Gasteiger partial charge in [-0.15, -0.1) is 0 Å². The second kappa shape index (κ2) is 4.62. The minimum absolute atomic E-state index is 0.0431. The molecule has 0 radical (unpaired) electrons. The Morgan fingerprint density at radius 1 is 1.19 bits per heavy atom. The van der Waals surface area contributed by atoms with Crippen LogP contribution in [-0.4, -0.2) is 17.7 Å². The average molecular weight is 282 g/mol. The first-order valence-corrected chi connectivity index (χ1v) is 7.00. The van der Waals surface area contributed by atoms with Gasteiger partial charge in [-0.1, -0.05) is 37.6 Å². The van der Waals surface area contributed by atoms with Gasteiger partial charge in [0.2, 0.25) is 0 Å². The summed E-state index contributed by atoms with van der Waals surface area (Å²) in [6, 6.07) is 11.3. The van der Waals surface area contributed by atoms with Crippen LogP contribution in [0.5, 0.6) is 5.75 Å². The summed E-state index contributed by atoms with van der Waals surface area (Å²) in [4.78, 5) is 11.4. The summed E-state index contributed by atoms with van der Waals surface area (Å²) in [6.07, 6.45) is 0. The summed E-state index contributed by atoms with van der Waals surface area (Å²) in [5, 5.41) is 9.39. The smallest absolute Gasteiger partial charge is 0.336 e. The quantitative estimate of drug-likeness (QED) is 0.904. The first-order chi connectivity index (χ1) is 9.88. The first-order valence-electron chi connectivity index (χ1n) is 7.00. The minimum atomic E-state index is -0.902. The molecular formula is C18H18O3. The molecule has 21 heavy (non-hydrogen) atoms. The van der Waals surface area contributed by atoms with Gasteiger partial charge in [0.1, 0.15) is 5.75 Å². The summed E-state index contributed by atoms with van der Waals surface area (Å²) < 4.78 is 5.69. The van der Waals surface area contributed by atoms with Gasteiger partial charge in [0, 0.05) is 11.0 Å². The van der Waals surface area contributed by atoms with Crippen molar-refractivity contribution in [2.24, 2.45) is 0 Å². The molecule has 0 saturated carbocycles. The van der Waals surface area contributed by atoms with Crippen LogP contribution >= 0.6 is 0 Å². The summed E-state index contributed by atoms with van der Waals surface area (Å²) >= 11 is 0. The molecule has 3 rings (SSSR count). The summed E-state index contributed by atoms with van der Waals surface area (Å²) in [5.74, 6) is -0.00529. The molecular weight excluding hydrogens is 264 g/mol. The molecule has 0 saturated heterocycles. The third-order valence-electron chi connectivity index (χ3n) is 4.01. The maximum Gasteiger partial charge on any atom is 0.336 e. The maximum absolute atomic E-state index is 11.4. The van der Waals surface area contributed by atoms with Gasteiger partial charge in [-0.3, -0.25) is 0 Å². The van der Waals surface area contributed by atoms with Crippen molar-refractivity contribution in [1.82, 2.24) is 0 Å². The van der Waals surface area contributed by atoms with E-state index < -0.39 is 5.97 Å². The number of hydrogen-bond acceptors (Lipinski definition) is 2. The number of carbonyl (C=O) groups is 1. The SMILES string of the molecule is Cc1ccc(C(=O)O)c(-c2ccc3c(c2)C(C)(C)CO3)c1. The number of aromatic carboxylic acids is 1. The van der Waals surface area contributed by atoms with Crippen molar-refractivity contribution < 1.29 is 14.6 Å². The molecule has 2 aromatic rings. The first kappa shape index (κ1) is 13.7. The lowest BCUT2D eigenvalue weighted by atomic mass is 9.85. The van der Waals surface area contributed by atoms with Crippen LogP contribution in [0.15, 0.2) is 36.4 Å². The van der Waals surface area contributed by atoms with Crippen LogP contribution in [0.1, 0.15) is 35.3 Å². The fourth-order valence-corrected chi connectivity index (χ4v) is 2.77. The third kappa shape index (κ3) is 2.29. The molecule has 3 nitrogen and oxygen atoms in total. The molecule has 2 aromatic carbocycles. The van der Waals surface area contributed by atoms with Crippen molar-refractivity contribution in [3.8, 4) is 16.9 Å². The Kier molecular flexibility index (Phi) is 3.01. The monoisotopic (exact) mass is 282 g/mol. The minimum Gasteiger partial charge on any atom is -0.492 e. The molecule has 1 aliphatic rings. The van der Waals surface area contributed by atoms with Crippen LogP contribution in [0.4, 0.5) is 0 Å². The van der Waals surface area contributed by atoms with Crippen molar-refractivity contribution in [2.45, 2.75) is 26.2 Å². The molecule has 1 heterocycles. The van der Waals surface area contributed by atoms with E-state index in [4.69, 9.17) is 4.74 Å². The van der Waals surface area contributed by atoms with E-state index in [1.165, 1.54) is 0 Å². The fourth-order valence-electron chi connectivity index (χ4n) is 2.77. The third-order valence-corrected chi connectivity index (χ3v) is 4.01. The summed E-state index contributed by atoms with van der Waals surface area (Å²) in [5.41, 5.74) is 4.15. The highest BCUT2D eigenvalue weighted by atomic mass is 16.5. The Bertz CT molecular complexity index is 729. The van der Waals surface area contributed by atoms with Gasteiger partial charge >= 0.3 is 5.97 Å². The number of aryl methyl sites for hydroxylation is 1. The lowest BCUT2D eigenvalue weighted by Crippen LogP contribution is -2.18. The normalized spacial score (nSPS) is 15.4. The highest BCUT2D eigenvalue weighted by molar-refractivity contribution is 5.96. The summed E-state index contributed by atoms with van der Waals surface area (Å²) in [6.45, 7) is 6.90. The summed E-state index contributed by atoms with van der Waals surface area (Å²) in [7, 11) is 0. The van der Waals surface area contributed by atoms with E-state index in [0.717, 1.165) is 28.0 Å². The van der Waals surface area contributed by atoms with E-state index in [9.17, 15) is 9.90 Å². The number of rotatable bonds is 2. The zero-order chi connectivity index (χ0) is 15.2. The maximum atomic E-state index is 11.4. The van der Waals surface area contributed by atoms with Crippen molar-refractivity contribution in [3.05, 3.63) is 53.1 Å².